The van der Waals surface area contributed by atoms with Gasteiger partial charge >= 0.3 is 6.09 Å². The molecule has 1 aliphatic rings. The zero-order valence-corrected chi connectivity index (χ0v) is 20.6. The van der Waals surface area contributed by atoms with Gasteiger partial charge in [0.15, 0.2) is 6.19 Å². The zero-order chi connectivity index (χ0) is 25.8. The van der Waals surface area contributed by atoms with E-state index in [2.05, 4.69) is 29.6 Å². The standard InChI is InChI=1S/C31H27N3O3/c1-2-34(20-32)30(35)29(18-21-15-16-22-9-3-4-10-23(22)17-21)33-31(36)37-19-28-26-13-7-5-11-24(26)25-12-6-8-14-27(25)28/h3-17,28-29H,2,18-19H2,1H3,(H,33,36). The monoisotopic (exact) mass is 489 g/mol. The molecule has 0 fully saturated rings. The molecule has 6 heteroatoms. The fraction of sp³-hybridized carbons (Fsp3) is 0.194. The largest absolute Gasteiger partial charge is 0.449 e. The molecule has 4 aromatic rings. The normalized spacial score (nSPS) is 12.8. The number of alkyl carbamates (subject to hydrolysis) is 1. The highest BCUT2D eigenvalue weighted by atomic mass is 16.5. The molecule has 4 aromatic carbocycles. The molecule has 2 amide bonds. The van der Waals surface area contributed by atoms with Crippen molar-refractivity contribution in [3.8, 4) is 17.3 Å². The molecule has 37 heavy (non-hydrogen) atoms. The summed E-state index contributed by atoms with van der Waals surface area (Å²) < 4.78 is 5.67. The van der Waals surface area contributed by atoms with E-state index in [0.29, 0.717) is 0 Å². The maximum Gasteiger partial charge on any atom is 0.407 e. The average Bonchev–Trinajstić information content (AvgIpc) is 3.25. The zero-order valence-electron chi connectivity index (χ0n) is 20.6. The maximum absolute atomic E-state index is 13.1. The summed E-state index contributed by atoms with van der Waals surface area (Å²) in [6, 6.07) is 29.2. The third kappa shape index (κ3) is 4.89. The lowest BCUT2D eigenvalue weighted by atomic mass is 9.98. The molecule has 1 N–H and O–H groups in total. The van der Waals surface area contributed by atoms with Gasteiger partial charge in [0, 0.05) is 18.9 Å². The molecule has 0 radical (unpaired) electrons. The first-order valence-electron chi connectivity index (χ1n) is 12.4. The molecule has 0 saturated carbocycles. The number of hydrogen-bond acceptors (Lipinski definition) is 4. The minimum atomic E-state index is -0.934. The Balaban J connectivity index is 1.33. The minimum Gasteiger partial charge on any atom is -0.449 e. The fourth-order valence-electron chi connectivity index (χ4n) is 5.05. The van der Waals surface area contributed by atoms with Crippen molar-refractivity contribution >= 4 is 22.8 Å². The molecule has 0 spiro atoms. The summed E-state index contributed by atoms with van der Waals surface area (Å²) in [6.45, 7) is 2.09. The van der Waals surface area contributed by atoms with Crippen LogP contribution in [0.1, 0.15) is 29.5 Å². The second-order valence-electron chi connectivity index (χ2n) is 9.09. The van der Waals surface area contributed by atoms with Crippen LogP contribution in [-0.4, -0.2) is 36.1 Å². The van der Waals surface area contributed by atoms with Crippen LogP contribution in [0.4, 0.5) is 4.79 Å². The van der Waals surface area contributed by atoms with E-state index in [0.717, 1.165) is 43.5 Å². The predicted octanol–water partition coefficient (Wildman–Crippen LogP) is 5.62. The molecule has 0 aromatic heterocycles. The van der Waals surface area contributed by atoms with Crippen LogP contribution in [0, 0.1) is 11.5 Å². The van der Waals surface area contributed by atoms with Crippen molar-refractivity contribution in [2.75, 3.05) is 13.2 Å². The number of nitrogens with zero attached hydrogens (tertiary/aromatic N) is 2. The first-order valence-corrected chi connectivity index (χ1v) is 12.4. The van der Waals surface area contributed by atoms with Crippen LogP contribution in [0.5, 0.6) is 0 Å². The number of carbonyl (C=O) groups excluding carboxylic acids is 2. The number of fused-ring (bicyclic) bond motifs is 4. The van der Waals surface area contributed by atoms with Crippen LogP contribution in [0.2, 0.25) is 0 Å². The number of benzene rings is 4. The summed E-state index contributed by atoms with van der Waals surface area (Å²) in [5.74, 6) is -0.550. The Kier molecular flexibility index (Phi) is 6.87. The Hall–Kier alpha value is -4.63. The number of carbonyl (C=O) groups is 2. The Labute approximate surface area is 216 Å². The molecule has 0 heterocycles. The molecule has 1 unspecified atom stereocenters. The van der Waals surface area contributed by atoms with Gasteiger partial charge in [0.2, 0.25) is 0 Å². The second-order valence-corrected chi connectivity index (χ2v) is 9.09. The van der Waals surface area contributed by atoms with E-state index in [1.807, 2.05) is 72.9 Å². The van der Waals surface area contributed by atoms with Gasteiger partial charge in [-0.1, -0.05) is 91.0 Å². The molecule has 6 nitrogen and oxygen atoms in total. The molecular weight excluding hydrogens is 462 g/mol. The molecule has 5 rings (SSSR count). The smallest absolute Gasteiger partial charge is 0.407 e. The van der Waals surface area contributed by atoms with E-state index >= 15 is 0 Å². The lowest BCUT2D eigenvalue weighted by molar-refractivity contribution is -0.130. The van der Waals surface area contributed by atoms with E-state index in [4.69, 9.17) is 4.74 Å². The van der Waals surface area contributed by atoms with Gasteiger partial charge in [0.1, 0.15) is 12.6 Å². The van der Waals surface area contributed by atoms with Gasteiger partial charge in [-0.25, -0.2) is 9.69 Å². The summed E-state index contributed by atoms with van der Waals surface area (Å²) in [7, 11) is 0. The summed E-state index contributed by atoms with van der Waals surface area (Å²) in [5, 5.41) is 14.3. The fourth-order valence-corrected chi connectivity index (χ4v) is 5.05. The summed E-state index contributed by atoms with van der Waals surface area (Å²) in [4.78, 5) is 27.1. The van der Waals surface area contributed by atoms with Crippen molar-refractivity contribution in [1.82, 2.24) is 10.2 Å². The van der Waals surface area contributed by atoms with Crippen LogP contribution in [0.15, 0.2) is 91.0 Å². The van der Waals surface area contributed by atoms with Crippen LogP contribution >= 0.6 is 0 Å². The van der Waals surface area contributed by atoms with Gasteiger partial charge in [-0.05, 0) is 45.5 Å². The maximum atomic E-state index is 13.1. The Morgan fingerprint density at radius 1 is 0.919 bits per heavy atom. The van der Waals surface area contributed by atoms with Crippen molar-refractivity contribution in [3.05, 3.63) is 108 Å². The van der Waals surface area contributed by atoms with E-state index in [1.165, 1.54) is 0 Å². The number of hydrogen-bond donors (Lipinski definition) is 1. The highest BCUT2D eigenvalue weighted by molar-refractivity contribution is 5.88. The van der Waals surface area contributed by atoms with E-state index in [9.17, 15) is 14.9 Å². The summed E-state index contributed by atoms with van der Waals surface area (Å²) in [6.07, 6.45) is 1.47. The number of rotatable bonds is 7. The van der Waals surface area contributed by atoms with Crippen LogP contribution < -0.4 is 5.32 Å². The third-order valence-electron chi connectivity index (χ3n) is 6.89. The number of nitriles is 1. The highest BCUT2D eigenvalue weighted by Crippen LogP contribution is 2.44. The second kappa shape index (κ2) is 10.5. The molecule has 184 valence electrons. The first-order chi connectivity index (χ1) is 18.1. The lowest BCUT2D eigenvalue weighted by Crippen LogP contribution is -2.48. The van der Waals surface area contributed by atoms with E-state index < -0.39 is 18.0 Å². The summed E-state index contributed by atoms with van der Waals surface area (Å²) in [5.41, 5.74) is 5.39. The van der Waals surface area contributed by atoms with Crippen LogP contribution in [0.25, 0.3) is 21.9 Å². The first kappa shape index (κ1) is 24.1. The molecule has 1 aliphatic carbocycles. The molecular formula is C31H27N3O3. The Morgan fingerprint density at radius 2 is 1.54 bits per heavy atom. The molecule has 1 atom stereocenters. The highest BCUT2D eigenvalue weighted by Gasteiger charge is 2.30. The number of nitrogens with one attached hydrogen (secondary N) is 1. The lowest BCUT2D eigenvalue weighted by Gasteiger charge is -2.22. The SMILES string of the molecule is CCN(C#N)C(=O)C(Cc1ccc2ccccc2c1)NC(=O)OCC1c2ccccc2-c2ccccc21. The van der Waals surface area contributed by atoms with Gasteiger partial charge in [0.25, 0.3) is 5.91 Å². The topological polar surface area (TPSA) is 82.4 Å². The Bertz CT molecular complexity index is 1460. The van der Waals surface area contributed by atoms with Crippen molar-refractivity contribution in [1.29, 1.82) is 5.26 Å². The van der Waals surface area contributed by atoms with Crippen molar-refractivity contribution in [2.24, 2.45) is 0 Å². The van der Waals surface area contributed by atoms with Gasteiger partial charge in [-0.15, -0.1) is 0 Å². The molecule has 0 saturated heterocycles. The van der Waals surface area contributed by atoms with Gasteiger partial charge in [0.05, 0.1) is 0 Å². The molecule has 0 aliphatic heterocycles. The Morgan fingerprint density at radius 3 is 2.19 bits per heavy atom. The van der Waals surface area contributed by atoms with Crippen LogP contribution in [0.3, 0.4) is 0 Å². The van der Waals surface area contributed by atoms with Gasteiger partial charge in [-0.3, -0.25) is 4.79 Å². The van der Waals surface area contributed by atoms with Gasteiger partial charge in [-0.2, -0.15) is 5.26 Å². The molecule has 0 bridgehead atoms. The number of ether oxygens (including phenoxy) is 1. The van der Waals surface area contributed by atoms with E-state index in [-0.39, 0.29) is 25.5 Å². The number of likely N-dealkylation sites (N-methyl/N-ethyl adjacent to an activating group) is 1. The van der Waals surface area contributed by atoms with Gasteiger partial charge < -0.3 is 10.1 Å². The minimum absolute atomic E-state index is 0.0842. The quantitative estimate of drug-likeness (QED) is 0.270. The van der Waals surface area contributed by atoms with E-state index in [1.54, 1.807) is 6.92 Å². The predicted molar refractivity (Wildman–Crippen MR) is 143 cm³/mol. The van der Waals surface area contributed by atoms with Crippen molar-refractivity contribution in [2.45, 2.75) is 25.3 Å². The average molecular weight is 490 g/mol. The van der Waals surface area contributed by atoms with Crippen molar-refractivity contribution in [3.63, 3.8) is 0 Å². The van der Waals surface area contributed by atoms with Crippen LogP contribution in [-0.2, 0) is 16.0 Å². The third-order valence-corrected chi connectivity index (χ3v) is 6.89. The summed E-state index contributed by atoms with van der Waals surface area (Å²) >= 11 is 0. The number of amides is 2. The van der Waals surface area contributed by atoms with Crippen molar-refractivity contribution < 1.29 is 14.3 Å².